The molecule has 19 heavy (non-hydrogen) atoms. The second kappa shape index (κ2) is 4.51. The van der Waals surface area contributed by atoms with Crippen molar-refractivity contribution in [2.75, 3.05) is 7.11 Å². The highest BCUT2D eigenvalue weighted by Crippen LogP contribution is 2.20. The van der Waals surface area contributed by atoms with E-state index in [1.807, 2.05) is 47.9 Å². The second-order valence-corrected chi connectivity index (χ2v) is 4.67. The van der Waals surface area contributed by atoms with Gasteiger partial charge in [0.25, 0.3) is 0 Å². The van der Waals surface area contributed by atoms with Crippen molar-refractivity contribution >= 4 is 23.4 Å². The average Bonchev–Trinajstić information content (AvgIpc) is 2.74. The van der Waals surface area contributed by atoms with Crippen molar-refractivity contribution in [2.45, 2.75) is 6.92 Å². The number of imidazole rings is 1. The third kappa shape index (κ3) is 2.02. The summed E-state index contributed by atoms with van der Waals surface area (Å²) in [5.41, 5.74) is 3.71. The van der Waals surface area contributed by atoms with Gasteiger partial charge in [0, 0.05) is 5.69 Å². The minimum atomic E-state index is 0.637. The molecule has 1 aromatic carbocycles. The van der Waals surface area contributed by atoms with Crippen LogP contribution in [0.25, 0.3) is 16.9 Å². The van der Waals surface area contributed by atoms with Crippen molar-refractivity contribution in [3.63, 3.8) is 0 Å². The molecular weight excluding hydrogens is 258 g/mol. The van der Waals surface area contributed by atoms with Gasteiger partial charge in [0.15, 0.2) is 10.4 Å². The molecule has 0 aliphatic heterocycles. The van der Waals surface area contributed by atoms with Gasteiger partial charge in [-0.05, 0) is 55.5 Å². The number of rotatable bonds is 2. The highest BCUT2D eigenvalue weighted by atomic mass is 32.1. The maximum atomic E-state index is 5.38. The van der Waals surface area contributed by atoms with E-state index in [-0.39, 0.29) is 0 Å². The number of methoxy groups -OCH3 is 1. The first-order chi connectivity index (χ1) is 9.19. The molecule has 0 saturated heterocycles. The highest BCUT2D eigenvalue weighted by molar-refractivity contribution is 7.71. The zero-order valence-corrected chi connectivity index (χ0v) is 11.5. The van der Waals surface area contributed by atoms with Crippen molar-refractivity contribution in [1.29, 1.82) is 0 Å². The Morgan fingerprint density at radius 1 is 1.16 bits per heavy atom. The lowest BCUT2D eigenvalue weighted by atomic mass is 10.3. The van der Waals surface area contributed by atoms with Crippen LogP contribution in [0.5, 0.6) is 5.75 Å². The summed E-state index contributed by atoms with van der Waals surface area (Å²) in [7, 11) is 1.65. The summed E-state index contributed by atoms with van der Waals surface area (Å²) in [6.45, 7) is 1.97. The van der Waals surface area contributed by atoms with Gasteiger partial charge in [0.05, 0.1) is 18.3 Å². The van der Waals surface area contributed by atoms with Crippen LogP contribution >= 0.6 is 12.2 Å². The SMILES string of the molecule is COc1ccc(-n2c(=S)[nH]c3ccc(C)nc32)cc1. The van der Waals surface area contributed by atoms with Crippen LogP contribution in [0.15, 0.2) is 36.4 Å². The Hall–Kier alpha value is -2.14. The molecule has 3 aromatic rings. The van der Waals surface area contributed by atoms with Gasteiger partial charge >= 0.3 is 0 Å². The molecule has 5 heteroatoms. The number of aromatic nitrogens is 3. The van der Waals surface area contributed by atoms with E-state index < -0.39 is 0 Å². The lowest BCUT2D eigenvalue weighted by Gasteiger charge is -2.05. The van der Waals surface area contributed by atoms with Crippen LogP contribution in [0, 0.1) is 11.7 Å². The quantitative estimate of drug-likeness (QED) is 0.726. The average molecular weight is 271 g/mol. The summed E-state index contributed by atoms with van der Waals surface area (Å²) in [6, 6.07) is 11.7. The molecular formula is C14H13N3OS. The number of nitrogens with one attached hydrogen (secondary N) is 1. The first kappa shape index (κ1) is 11.9. The maximum absolute atomic E-state index is 5.38. The molecule has 0 atom stereocenters. The molecule has 0 aliphatic carbocycles. The molecule has 0 fully saturated rings. The molecule has 3 rings (SSSR count). The van der Waals surface area contributed by atoms with E-state index in [2.05, 4.69) is 9.97 Å². The lowest BCUT2D eigenvalue weighted by Crippen LogP contribution is -1.96. The van der Waals surface area contributed by atoms with E-state index in [4.69, 9.17) is 17.0 Å². The van der Waals surface area contributed by atoms with Gasteiger partial charge in [-0.15, -0.1) is 0 Å². The Labute approximate surface area is 115 Å². The molecule has 0 radical (unpaired) electrons. The molecule has 4 nitrogen and oxygen atoms in total. The Balaban J connectivity index is 2.25. The summed E-state index contributed by atoms with van der Waals surface area (Å²) >= 11 is 5.38. The summed E-state index contributed by atoms with van der Waals surface area (Å²) in [5, 5.41) is 0. The van der Waals surface area contributed by atoms with Gasteiger partial charge in [-0.1, -0.05) is 0 Å². The van der Waals surface area contributed by atoms with Crippen molar-refractivity contribution in [1.82, 2.24) is 14.5 Å². The zero-order chi connectivity index (χ0) is 13.4. The molecule has 1 N–H and O–H groups in total. The van der Waals surface area contributed by atoms with Gasteiger partial charge in [-0.3, -0.25) is 4.57 Å². The second-order valence-electron chi connectivity index (χ2n) is 4.29. The number of aromatic amines is 1. The number of fused-ring (bicyclic) bond motifs is 1. The fourth-order valence-electron chi connectivity index (χ4n) is 2.05. The molecule has 2 aromatic heterocycles. The minimum absolute atomic E-state index is 0.637. The predicted molar refractivity (Wildman–Crippen MR) is 77.5 cm³/mol. The molecule has 0 spiro atoms. The molecule has 0 bridgehead atoms. The molecule has 0 unspecified atom stereocenters. The van der Waals surface area contributed by atoms with Crippen molar-refractivity contribution in [2.24, 2.45) is 0 Å². The topological polar surface area (TPSA) is 42.8 Å². The predicted octanol–water partition coefficient (Wildman–Crippen LogP) is 3.40. The normalized spacial score (nSPS) is 10.8. The lowest BCUT2D eigenvalue weighted by molar-refractivity contribution is 0.415. The summed E-state index contributed by atoms with van der Waals surface area (Å²) < 4.78 is 7.73. The fraction of sp³-hybridized carbons (Fsp3) is 0.143. The van der Waals surface area contributed by atoms with Gasteiger partial charge in [0.2, 0.25) is 0 Å². The number of hydrogen-bond acceptors (Lipinski definition) is 3. The van der Waals surface area contributed by atoms with Crippen molar-refractivity contribution in [3.05, 3.63) is 46.9 Å². The third-order valence-electron chi connectivity index (χ3n) is 3.00. The Kier molecular flexibility index (Phi) is 2.83. The highest BCUT2D eigenvalue weighted by Gasteiger charge is 2.08. The van der Waals surface area contributed by atoms with E-state index in [9.17, 15) is 0 Å². The minimum Gasteiger partial charge on any atom is -0.497 e. The van der Waals surface area contributed by atoms with Crippen LogP contribution in [0.2, 0.25) is 0 Å². The van der Waals surface area contributed by atoms with Gasteiger partial charge in [-0.25, -0.2) is 4.98 Å². The van der Waals surface area contributed by atoms with Gasteiger partial charge in [-0.2, -0.15) is 0 Å². The van der Waals surface area contributed by atoms with Crippen molar-refractivity contribution in [3.8, 4) is 11.4 Å². The Bertz CT molecular complexity index is 787. The molecule has 0 amide bonds. The van der Waals surface area contributed by atoms with E-state index in [1.165, 1.54) is 0 Å². The number of H-pyrrole nitrogens is 1. The molecule has 2 heterocycles. The van der Waals surface area contributed by atoms with Gasteiger partial charge in [0.1, 0.15) is 5.75 Å². The summed E-state index contributed by atoms with van der Waals surface area (Å²) in [5.74, 6) is 0.819. The number of benzene rings is 1. The maximum Gasteiger partial charge on any atom is 0.183 e. The Morgan fingerprint density at radius 2 is 1.89 bits per heavy atom. The van der Waals surface area contributed by atoms with E-state index in [0.717, 1.165) is 28.3 Å². The Morgan fingerprint density at radius 3 is 2.58 bits per heavy atom. The third-order valence-corrected chi connectivity index (χ3v) is 3.29. The number of pyridine rings is 1. The largest absolute Gasteiger partial charge is 0.497 e. The van der Waals surface area contributed by atoms with Crippen LogP contribution in [0.3, 0.4) is 0 Å². The van der Waals surface area contributed by atoms with Crippen LogP contribution in [0.4, 0.5) is 0 Å². The summed E-state index contributed by atoms with van der Waals surface area (Å²) in [4.78, 5) is 7.71. The number of hydrogen-bond donors (Lipinski definition) is 1. The van der Waals surface area contributed by atoms with E-state index in [1.54, 1.807) is 7.11 Å². The zero-order valence-electron chi connectivity index (χ0n) is 10.7. The van der Waals surface area contributed by atoms with E-state index >= 15 is 0 Å². The number of ether oxygens (including phenoxy) is 1. The number of aryl methyl sites for hydroxylation is 1. The number of nitrogens with zero attached hydrogens (tertiary/aromatic N) is 2. The first-order valence-corrected chi connectivity index (χ1v) is 6.32. The first-order valence-electron chi connectivity index (χ1n) is 5.92. The van der Waals surface area contributed by atoms with E-state index in [0.29, 0.717) is 4.77 Å². The summed E-state index contributed by atoms with van der Waals surface area (Å²) in [6.07, 6.45) is 0. The standard InChI is InChI=1S/C14H13N3OS/c1-9-3-8-12-13(15-9)17(14(19)16-12)10-4-6-11(18-2)7-5-10/h3-8H,1-2H3,(H,16,19). The monoisotopic (exact) mass is 271 g/mol. The van der Waals surface area contributed by atoms with Gasteiger partial charge < -0.3 is 9.72 Å². The molecule has 96 valence electrons. The van der Waals surface area contributed by atoms with Crippen LogP contribution in [-0.4, -0.2) is 21.6 Å². The van der Waals surface area contributed by atoms with Crippen molar-refractivity contribution < 1.29 is 4.74 Å². The smallest absolute Gasteiger partial charge is 0.183 e. The molecule has 0 saturated carbocycles. The van der Waals surface area contributed by atoms with Crippen LogP contribution in [0.1, 0.15) is 5.69 Å². The van der Waals surface area contributed by atoms with Crippen LogP contribution < -0.4 is 4.74 Å². The van der Waals surface area contributed by atoms with Crippen LogP contribution in [-0.2, 0) is 0 Å². The molecule has 0 aliphatic rings. The fourth-order valence-corrected chi connectivity index (χ4v) is 2.35.